The van der Waals surface area contributed by atoms with Gasteiger partial charge in [0.15, 0.2) is 0 Å². The Balaban J connectivity index is 0.00000190. The highest BCUT2D eigenvalue weighted by Crippen LogP contribution is 2.28. The lowest BCUT2D eigenvalue weighted by atomic mass is 9.84. The van der Waals surface area contributed by atoms with E-state index in [2.05, 4.69) is 23.2 Å². The van der Waals surface area contributed by atoms with Crippen LogP contribution in [0, 0.1) is 5.41 Å². The molecule has 2 N–H and O–H groups in total. The number of amides is 1. The van der Waals surface area contributed by atoms with E-state index in [-0.39, 0.29) is 24.0 Å². The highest BCUT2D eigenvalue weighted by molar-refractivity contribution is 5.83. The Labute approximate surface area is 172 Å². The number of nitrogens with one attached hydrogen (secondary N) is 1. The Morgan fingerprint density at radius 2 is 1.89 bits per heavy atom. The second kappa shape index (κ2) is 12.4. The van der Waals surface area contributed by atoms with Gasteiger partial charge in [-0.3, -0.25) is 9.69 Å². The third kappa shape index (κ3) is 7.02. The van der Waals surface area contributed by atoms with Gasteiger partial charge < -0.3 is 15.2 Å². The second-order valence-electron chi connectivity index (χ2n) is 8.17. The number of carbonyl (C=O) groups excluding carboxylic acids is 1. The average Bonchev–Trinajstić information content (AvgIpc) is 3.20. The Kier molecular flexibility index (Phi) is 11.0. The molecule has 0 bridgehead atoms. The molecular formula is C23H42N2O3. The van der Waals surface area contributed by atoms with Gasteiger partial charge in [0, 0.05) is 30.4 Å². The molecule has 5 heteroatoms. The standard InChI is InChI=1S/C21H36N2O3.C2H6/c1-5-7-17(21(3,4)15-24)14-16(2)22-20(25)19-8-6-11-23(19)18-9-12-26-13-10-18;1-2/h7,14,18-19,24H,5-6,8-13,15H2,1-4H3,(H,22,25);1-2H3/b16-14+,17-7+;. The Morgan fingerprint density at radius 3 is 2.46 bits per heavy atom. The van der Waals surface area contributed by atoms with E-state index in [0.717, 1.165) is 63.1 Å². The minimum absolute atomic E-state index is 0.0362. The van der Waals surface area contributed by atoms with Crippen molar-refractivity contribution in [3.8, 4) is 0 Å². The zero-order valence-corrected chi connectivity index (χ0v) is 18.9. The van der Waals surface area contributed by atoms with Crippen LogP contribution in [-0.2, 0) is 9.53 Å². The van der Waals surface area contributed by atoms with Gasteiger partial charge in [0.1, 0.15) is 0 Å². The molecule has 0 aromatic carbocycles. The van der Waals surface area contributed by atoms with Crippen molar-refractivity contribution in [3.05, 3.63) is 23.4 Å². The number of likely N-dealkylation sites (tertiary alicyclic amines) is 1. The third-order valence-corrected chi connectivity index (χ3v) is 5.55. The molecule has 2 saturated heterocycles. The lowest BCUT2D eigenvalue weighted by Gasteiger charge is -2.34. The summed E-state index contributed by atoms with van der Waals surface area (Å²) in [6.07, 6.45) is 9.07. The fraction of sp³-hybridized carbons (Fsp3) is 0.783. The Hall–Kier alpha value is -1.17. The summed E-state index contributed by atoms with van der Waals surface area (Å²) in [6, 6.07) is 0.432. The minimum atomic E-state index is -0.316. The topological polar surface area (TPSA) is 61.8 Å². The monoisotopic (exact) mass is 394 g/mol. The molecule has 1 unspecified atom stereocenters. The summed E-state index contributed by atoms with van der Waals surface area (Å²) < 4.78 is 5.47. The number of nitrogens with zero attached hydrogens (tertiary/aromatic N) is 1. The number of ether oxygens (including phenoxy) is 1. The van der Waals surface area contributed by atoms with E-state index >= 15 is 0 Å². The molecule has 5 nitrogen and oxygen atoms in total. The first-order valence-electron chi connectivity index (χ1n) is 11.0. The van der Waals surface area contributed by atoms with Crippen molar-refractivity contribution in [2.24, 2.45) is 5.41 Å². The van der Waals surface area contributed by atoms with Crippen LogP contribution in [0.25, 0.3) is 0 Å². The van der Waals surface area contributed by atoms with Gasteiger partial charge in [-0.1, -0.05) is 40.7 Å². The van der Waals surface area contributed by atoms with Gasteiger partial charge in [-0.05, 0) is 57.2 Å². The summed E-state index contributed by atoms with van der Waals surface area (Å²) in [5.41, 5.74) is 1.59. The fourth-order valence-electron chi connectivity index (χ4n) is 3.91. The number of aliphatic hydroxyl groups is 1. The lowest BCUT2D eigenvalue weighted by molar-refractivity contribution is -0.126. The van der Waals surface area contributed by atoms with Crippen LogP contribution < -0.4 is 5.32 Å². The van der Waals surface area contributed by atoms with Gasteiger partial charge in [-0.25, -0.2) is 0 Å². The number of hydrogen-bond donors (Lipinski definition) is 2. The highest BCUT2D eigenvalue weighted by Gasteiger charge is 2.36. The van der Waals surface area contributed by atoms with E-state index < -0.39 is 0 Å². The molecular weight excluding hydrogens is 352 g/mol. The van der Waals surface area contributed by atoms with Crippen LogP contribution in [0.4, 0.5) is 0 Å². The van der Waals surface area contributed by atoms with Crippen molar-refractivity contribution in [2.45, 2.75) is 85.7 Å². The highest BCUT2D eigenvalue weighted by atomic mass is 16.5. The Bertz CT molecular complexity index is 534. The van der Waals surface area contributed by atoms with Crippen LogP contribution in [0.2, 0.25) is 0 Å². The van der Waals surface area contributed by atoms with E-state index in [1.54, 1.807) is 0 Å². The van der Waals surface area contributed by atoms with Crippen LogP contribution >= 0.6 is 0 Å². The molecule has 1 amide bonds. The normalized spacial score (nSPS) is 22.6. The predicted molar refractivity (Wildman–Crippen MR) is 116 cm³/mol. The molecule has 2 rings (SSSR count). The van der Waals surface area contributed by atoms with Crippen LogP contribution in [0.3, 0.4) is 0 Å². The van der Waals surface area contributed by atoms with Crippen molar-refractivity contribution in [2.75, 3.05) is 26.4 Å². The molecule has 1 atom stereocenters. The van der Waals surface area contributed by atoms with Crippen molar-refractivity contribution in [1.29, 1.82) is 0 Å². The Morgan fingerprint density at radius 1 is 1.25 bits per heavy atom. The minimum Gasteiger partial charge on any atom is -0.395 e. The van der Waals surface area contributed by atoms with Crippen LogP contribution in [-0.4, -0.2) is 54.4 Å². The molecule has 0 saturated carbocycles. The number of allylic oxidation sites excluding steroid dienone is 3. The third-order valence-electron chi connectivity index (χ3n) is 5.55. The molecule has 0 aromatic rings. The van der Waals surface area contributed by atoms with E-state index in [0.29, 0.717) is 6.04 Å². The summed E-state index contributed by atoms with van der Waals surface area (Å²) in [5, 5.41) is 12.8. The van der Waals surface area contributed by atoms with Gasteiger partial charge in [0.2, 0.25) is 5.91 Å². The number of aliphatic hydroxyl groups excluding tert-OH is 1. The summed E-state index contributed by atoms with van der Waals surface area (Å²) in [7, 11) is 0. The molecule has 0 spiro atoms. The van der Waals surface area contributed by atoms with Crippen molar-refractivity contribution in [1.82, 2.24) is 10.2 Å². The van der Waals surface area contributed by atoms with Gasteiger partial charge >= 0.3 is 0 Å². The molecule has 28 heavy (non-hydrogen) atoms. The van der Waals surface area contributed by atoms with Gasteiger partial charge in [-0.2, -0.15) is 0 Å². The summed E-state index contributed by atoms with van der Waals surface area (Å²) in [4.78, 5) is 15.3. The summed E-state index contributed by atoms with van der Waals surface area (Å²) in [5.74, 6) is 0.0976. The predicted octanol–water partition coefficient (Wildman–Crippen LogP) is 4.03. The summed E-state index contributed by atoms with van der Waals surface area (Å²) in [6.45, 7) is 14.7. The molecule has 0 aliphatic carbocycles. The van der Waals surface area contributed by atoms with Crippen LogP contribution in [0.15, 0.2) is 23.4 Å². The molecule has 2 aliphatic heterocycles. The van der Waals surface area contributed by atoms with Gasteiger partial charge in [0.05, 0.1) is 12.6 Å². The zero-order valence-electron chi connectivity index (χ0n) is 18.9. The molecule has 2 heterocycles. The summed E-state index contributed by atoms with van der Waals surface area (Å²) >= 11 is 0. The van der Waals surface area contributed by atoms with Gasteiger partial charge in [0.25, 0.3) is 0 Å². The van der Waals surface area contributed by atoms with Crippen LogP contribution in [0.1, 0.15) is 73.6 Å². The van der Waals surface area contributed by atoms with E-state index in [1.165, 1.54) is 0 Å². The molecule has 2 aliphatic rings. The first-order valence-corrected chi connectivity index (χ1v) is 11.0. The number of carbonyl (C=O) groups is 1. The fourth-order valence-corrected chi connectivity index (χ4v) is 3.91. The molecule has 162 valence electrons. The maximum absolute atomic E-state index is 12.9. The lowest BCUT2D eigenvalue weighted by Crippen LogP contribution is -2.49. The molecule has 0 radical (unpaired) electrons. The number of rotatable bonds is 7. The van der Waals surface area contributed by atoms with E-state index in [4.69, 9.17) is 4.74 Å². The smallest absolute Gasteiger partial charge is 0.241 e. The van der Waals surface area contributed by atoms with Gasteiger partial charge in [-0.15, -0.1) is 0 Å². The molecule has 0 aromatic heterocycles. The van der Waals surface area contributed by atoms with E-state index in [1.807, 2.05) is 40.7 Å². The molecule has 2 fully saturated rings. The zero-order chi connectivity index (χ0) is 21.2. The first-order chi connectivity index (χ1) is 13.4. The SMILES string of the molecule is CC.CC/C=C(\C=C(/C)NC(=O)C1CCCN1C1CCOCC1)C(C)(C)CO. The second-order valence-corrected chi connectivity index (χ2v) is 8.17. The van der Waals surface area contributed by atoms with Crippen molar-refractivity contribution >= 4 is 5.91 Å². The first kappa shape index (κ1) is 24.9. The maximum Gasteiger partial charge on any atom is 0.241 e. The largest absolute Gasteiger partial charge is 0.395 e. The average molecular weight is 395 g/mol. The maximum atomic E-state index is 12.9. The van der Waals surface area contributed by atoms with Crippen molar-refractivity contribution < 1.29 is 14.6 Å². The quantitative estimate of drug-likeness (QED) is 0.640. The van der Waals surface area contributed by atoms with E-state index in [9.17, 15) is 9.90 Å². The van der Waals surface area contributed by atoms with Crippen molar-refractivity contribution in [3.63, 3.8) is 0 Å². The number of hydrogen-bond acceptors (Lipinski definition) is 4. The van der Waals surface area contributed by atoms with Crippen LogP contribution in [0.5, 0.6) is 0 Å².